The van der Waals surface area contributed by atoms with Crippen molar-refractivity contribution in [2.75, 3.05) is 13.7 Å². The number of halogens is 1. The SMILES string of the molecule is COC(=O)CCN(Cc1ccc(F)cc1)C(=O)c1ccc(C(C)(C)C)cc1. The van der Waals surface area contributed by atoms with Gasteiger partial charge in [0.1, 0.15) is 5.82 Å². The minimum Gasteiger partial charge on any atom is -0.469 e. The Morgan fingerprint density at radius 3 is 2.11 bits per heavy atom. The molecule has 0 spiro atoms. The quantitative estimate of drug-likeness (QED) is 0.710. The van der Waals surface area contributed by atoms with Gasteiger partial charge in [-0.15, -0.1) is 0 Å². The van der Waals surface area contributed by atoms with Crippen LogP contribution in [0.5, 0.6) is 0 Å². The second-order valence-electron chi connectivity index (χ2n) is 7.51. The standard InChI is InChI=1S/C22H26FNO3/c1-22(2,3)18-9-7-17(8-10-18)21(26)24(14-13-20(25)27-4)15-16-5-11-19(23)12-6-16/h5-12H,13-15H2,1-4H3. The Morgan fingerprint density at radius 1 is 1.00 bits per heavy atom. The van der Waals surface area contributed by atoms with Gasteiger partial charge >= 0.3 is 5.97 Å². The number of hydrogen-bond donors (Lipinski definition) is 0. The van der Waals surface area contributed by atoms with Crippen LogP contribution in [0.1, 0.15) is 48.7 Å². The normalized spacial score (nSPS) is 11.1. The summed E-state index contributed by atoms with van der Waals surface area (Å²) in [5.41, 5.74) is 2.48. The van der Waals surface area contributed by atoms with E-state index in [0.717, 1.165) is 11.1 Å². The summed E-state index contributed by atoms with van der Waals surface area (Å²) in [5.74, 6) is -0.886. The number of benzene rings is 2. The van der Waals surface area contributed by atoms with Crippen LogP contribution < -0.4 is 0 Å². The summed E-state index contributed by atoms with van der Waals surface area (Å²) in [6, 6.07) is 13.5. The molecule has 0 aliphatic heterocycles. The molecule has 5 heteroatoms. The largest absolute Gasteiger partial charge is 0.469 e. The Hall–Kier alpha value is -2.69. The molecule has 0 unspecified atom stereocenters. The van der Waals surface area contributed by atoms with Gasteiger partial charge in [0, 0.05) is 18.7 Å². The zero-order valence-corrected chi connectivity index (χ0v) is 16.3. The number of carbonyl (C=O) groups is 2. The zero-order valence-electron chi connectivity index (χ0n) is 16.3. The average molecular weight is 371 g/mol. The number of rotatable bonds is 6. The van der Waals surface area contributed by atoms with Gasteiger partial charge in [-0.1, -0.05) is 45.0 Å². The molecular weight excluding hydrogens is 345 g/mol. The first-order chi connectivity index (χ1) is 12.7. The smallest absolute Gasteiger partial charge is 0.307 e. The molecule has 0 atom stereocenters. The van der Waals surface area contributed by atoms with Crippen LogP contribution in [0.15, 0.2) is 48.5 Å². The maximum atomic E-state index is 13.1. The lowest BCUT2D eigenvalue weighted by molar-refractivity contribution is -0.140. The second-order valence-corrected chi connectivity index (χ2v) is 7.51. The molecule has 0 saturated carbocycles. The highest BCUT2D eigenvalue weighted by molar-refractivity contribution is 5.94. The fourth-order valence-corrected chi connectivity index (χ4v) is 2.69. The van der Waals surface area contributed by atoms with Gasteiger partial charge in [0.05, 0.1) is 13.5 Å². The predicted octanol–water partition coefficient (Wildman–Crippen LogP) is 4.33. The van der Waals surface area contributed by atoms with Crippen molar-refractivity contribution in [1.29, 1.82) is 0 Å². The summed E-state index contributed by atoms with van der Waals surface area (Å²) < 4.78 is 17.8. The van der Waals surface area contributed by atoms with E-state index >= 15 is 0 Å². The molecule has 0 aliphatic rings. The molecule has 2 rings (SSSR count). The van der Waals surface area contributed by atoms with E-state index in [1.165, 1.54) is 19.2 Å². The Kier molecular flexibility index (Phi) is 6.72. The van der Waals surface area contributed by atoms with Crippen molar-refractivity contribution in [1.82, 2.24) is 4.90 Å². The molecule has 4 nitrogen and oxygen atoms in total. The Morgan fingerprint density at radius 2 is 1.59 bits per heavy atom. The number of esters is 1. The lowest BCUT2D eigenvalue weighted by Crippen LogP contribution is -2.33. The molecule has 0 aromatic heterocycles. The lowest BCUT2D eigenvalue weighted by atomic mass is 9.86. The second kappa shape index (κ2) is 8.80. The highest BCUT2D eigenvalue weighted by Crippen LogP contribution is 2.23. The van der Waals surface area contributed by atoms with E-state index in [-0.39, 0.29) is 42.6 Å². The van der Waals surface area contributed by atoms with Gasteiger partial charge in [0.25, 0.3) is 5.91 Å². The summed E-state index contributed by atoms with van der Waals surface area (Å²) in [7, 11) is 1.32. The van der Waals surface area contributed by atoms with Gasteiger partial charge in [-0.3, -0.25) is 9.59 Å². The van der Waals surface area contributed by atoms with E-state index < -0.39 is 0 Å². The van der Waals surface area contributed by atoms with Crippen molar-refractivity contribution < 1.29 is 18.7 Å². The molecule has 0 N–H and O–H groups in total. The molecule has 0 bridgehead atoms. The summed E-state index contributed by atoms with van der Waals surface area (Å²) >= 11 is 0. The molecule has 0 fully saturated rings. The summed E-state index contributed by atoms with van der Waals surface area (Å²) in [4.78, 5) is 26.1. The van der Waals surface area contributed by atoms with Gasteiger partial charge in [-0.25, -0.2) is 4.39 Å². The van der Waals surface area contributed by atoms with E-state index in [1.54, 1.807) is 29.2 Å². The van der Waals surface area contributed by atoms with Crippen molar-refractivity contribution >= 4 is 11.9 Å². The Bertz CT molecular complexity index is 777. The van der Waals surface area contributed by atoms with Crippen LogP contribution in [0.3, 0.4) is 0 Å². The highest BCUT2D eigenvalue weighted by Gasteiger charge is 2.19. The summed E-state index contributed by atoms with van der Waals surface area (Å²) in [5, 5.41) is 0. The zero-order chi connectivity index (χ0) is 20.0. The van der Waals surface area contributed by atoms with Crippen molar-refractivity contribution in [3.05, 3.63) is 71.0 Å². The number of nitrogens with zero attached hydrogens (tertiary/aromatic N) is 1. The number of methoxy groups -OCH3 is 1. The maximum Gasteiger partial charge on any atom is 0.307 e. The van der Waals surface area contributed by atoms with Crippen LogP contribution in [0.25, 0.3) is 0 Å². The number of ether oxygens (including phenoxy) is 1. The van der Waals surface area contributed by atoms with E-state index in [0.29, 0.717) is 5.56 Å². The van der Waals surface area contributed by atoms with Crippen LogP contribution >= 0.6 is 0 Å². The van der Waals surface area contributed by atoms with E-state index in [9.17, 15) is 14.0 Å². The average Bonchev–Trinajstić information content (AvgIpc) is 2.65. The number of amides is 1. The predicted molar refractivity (Wildman–Crippen MR) is 103 cm³/mol. The fraction of sp³-hybridized carbons (Fsp3) is 0.364. The third-order valence-corrected chi connectivity index (χ3v) is 4.39. The van der Waals surface area contributed by atoms with Gasteiger partial charge < -0.3 is 9.64 Å². The first-order valence-corrected chi connectivity index (χ1v) is 8.92. The minimum atomic E-state index is -0.380. The van der Waals surface area contributed by atoms with Crippen molar-refractivity contribution in [2.24, 2.45) is 0 Å². The molecule has 0 aliphatic carbocycles. The summed E-state index contributed by atoms with van der Waals surface area (Å²) in [6.07, 6.45) is 0.101. The third kappa shape index (κ3) is 5.91. The monoisotopic (exact) mass is 371 g/mol. The van der Waals surface area contributed by atoms with Crippen LogP contribution in [0.2, 0.25) is 0 Å². The molecule has 0 heterocycles. The van der Waals surface area contributed by atoms with Gasteiger partial charge in [0.15, 0.2) is 0 Å². The minimum absolute atomic E-state index is 0.000258. The van der Waals surface area contributed by atoms with Crippen LogP contribution in [-0.2, 0) is 21.5 Å². The maximum absolute atomic E-state index is 13.1. The molecule has 27 heavy (non-hydrogen) atoms. The van der Waals surface area contributed by atoms with Gasteiger partial charge in [0.2, 0.25) is 0 Å². The highest BCUT2D eigenvalue weighted by atomic mass is 19.1. The summed E-state index contributed by atoms with van der Waals surface area (Å²) in [6.45, 7) is 6.85. The van der Waals surface area contributed by atoms with E-state index in [2.05, 4.69) is 25.5 Å². The molecule has 0 saturated heterocycles. The lowest BCUT2D eigenvalue weighted by Gasteiger charge is -2.24. The van der Waals surface area contributed by atoms with Gasteiger partial charge in [-0.2, -0.15) is 0 Å². The van der Waals surface area contributed by atoms with Crippen LogP contribution in [-0.4, -0.2) is 30.4 Å². The topological polar surface area (TPSA) is 46.6 Å². The number of hydrogen-bond acceptors (Lipinski definition) is 3. The van der Waals surface area contributed by atoms with E-state index in [1.807, 2.05) is 12.1 Å². The van der Waals surface area contributed by atoms with Crippen LogP contribution in [0.4, 0.5) is 4.39 Å². The first kappa shape index (κ1) is 20.6. The van der Waals surface area contributed by atoms with Crippen molar-refractivity contribution in [3.8, 4) is 0 Å². The molecular formula is C22H26FNO3. The molecule has 2 aromatic carbocycles. The third-order valence-electron chi connectivity index (χ3n) is 4.39. The molecule has 0 radical (unpaired) electrons. The van der Waals surface area contributed by atoms with Crippen LogP contribution in [0, 0.1) is 5.82 Å². The number of carbonyl (C=O) groups excluding carboxylic acids is 2. The molecule has 1 amide bonds. The Labute approximate surface area is 159 Å². The molecule has 144 valence electrons. The van der Waals surface area contributed by atoms with Gasteiger partial charge in [-0.05, 0) is 40.8 Å². The van der Waals surface area contributed by atoms with Crippen molar-refractivity contribution in [2.45, 2.75) is 39.2 Å². The first-order valence-electron chi connectivity index (χ1n) is 8.92. The molecule has 2 aromatic rings. The fourth-order valence-electron chi connectivity index (χ4n) is 2.69. The Balaban J connectivity index is 2.21. The van der Waals surface area contributed by atoms with E-state index in [4.69, 9.17) is 0 Å². The van der Waals surface area contributed by atoms with Crippen molar-refractivity contribution in [3.63, 3.8) is 0 Å².